The van der Waals surface area contributed by atoms with Crippen molar-refractivity contribution in [2.75, 3.05) is 13.7 Å². The number of rotatable bonds is 6. The predicted octanol–water partition coefficient (Wildman–Crippen LogP) is 3.20. The average Bonchev–Trinajstić information content (AvgIpc) is 2.53. The van der Waals surface area contributed by atoms with Gasteiger partial charge in [0.1, 0.15) is 11.6 Å². The molecule has 0 radical (unpaired) electrons. The van der Waals surface area contributed by atoms with E-state index in [0.717, 1.165) is 18.4 Å². The summed E-state index contributed by atoms with van der Waals surface area (Å²) in [5.41, 5.74) is 1.59. The van der Waals surface area contributed by atoms with Crippen molar-refractivity contribution in [3.05, 3.63) is 65.5 Å². The number of hydrogen-bond donors (Lipinski definition) is 1. The minimum atomic E-state index is -0.233. The summed E-state index contributed by atoms with van der Waals surface area (Å²) in [6.07, 6.45) is 1.60. The molecular weight excluding hydrogens is 269 g/mol. The van der Waals surface area contributed by atoms with E-state index >= 15 is 0 Å². The maximum absolute atomic E-state index is 12.8. The van der Waals surface area contributed by atoms with Crippen LogP contribution >= 0.6 is 0 Å². The molecule has 0 saturated carbocycles. The van der Waals surface area contributed by atoms with E-state index in [9.17, 15) is 9.18 Å². The Bertz CT molecular complexity index is 596. The molecule has 110 valence electrons. The summed E-state index contributed by atoms with van der Waals surface area (Å²) in [4.78, 5) is 12.0. The zero-order valence-corrected chi connectivity index (χ0v) is 11.9. The molecular formula is C17H18FNO2. The molecule has 3 nitrogen and oxygen atoms in total. The predicted molar refractivity (Wildman–Crippen MR) is 80.0 cm³/mol. The van der Waals surface area contributed by atoms with Crippen LogP contribution < -0.4 is 10.1 Å². The quantitative estimate of drug-likeness (QED) is 0.829. The maximum atomic E-state index is 12.8. The number of carbonyl (C=O) groups excluding carboxylic acids is 1. The minimum absolute atomic E-state index is 0.147. The third-order valence-electron chi connectivity index (χ3n) is 3.19. The highest BCUT2D eigenvalue weighted by atomic mass is 19.1. The molecule has 0 spiro atoms. The summed E-state index contributed by atoms with van der Waals surface area (Å²) in [6, 6.07) is 13.5. The molecule has 0 aliphatic rings. The Labute approximate surface area is 123 Å². The molecule has 0 atom stereocenters. The largest absolute Gasteiger partial charge is 0.496 e. The van der Waals surface area contributed by atoms with Gasteiger partial charge in [-0.3, -0.25) is 4.79 Å². The second-order valence-electron chi connectivity index (χ2n) is 4.69. The van der Waals surface area contributed by atoms with Crippen molar-refractivity contribution in [1.82, 2.24) is 5.32 Å². The Hall–Kier alpha value is -2.36. The molecule has 0 aliphatic carbocycles. The molecule has 0 aliphatic heterocycles. The van der Waals surface area contributed by atoms with E-state index in [2.05, 4.69) is 5.32 Å². The van der Waals surface area contributed by atoms with Gasteiger partial charge < -0.3 is 10.1 Å². The highest BCUT2D eigenvalue weighted by molar-refractivity contribution is 5.96. The molecule has 0 fully saturated rings. The van der Waals surface area contributed by atoms with Crippen molar-refractivity contribution < 1.29 is 13.9 Å². The van der Waals surface area contributed by atoms with Crippen LogP contribution in [0, 0.1) is 5.82 Å². The fourth-order valence-electron chi connectivity index (χ4n) is 2.07. The first-order valence-corrected chi connectivity index (χ1v) is 6.86. The van der Waals surface area contributed by atoms with Gasteiger partial charge in [-0.1, -0.05) is 24.3 Å². The second kappa shape index (κ2) is 7.43. The summed E-state index contributed by atoms with van der Waals surface area (Å²) in [5, 5.41) is 2.86. The lowest BCUT2D eigenvalue weighted by molar-refractivity contribution is 0.0950. The van der Waals surface area contributed by atoms with Crippen LogP contribution in [0.5, 0.6) is 5.75 Å². The number of para-hydroxylation sites is 1. The lowest BCUT2D eigenvalue weighted by atomic mass is 10.1. The Morgan fingerprint density at radius 2 is 1.86 bits per heavy atom. The zero-order chi connectivity index (χ0) is 15.1. The van der Waals surface area contributed by atoms with Crippen molar-refractivity contribution >= 4 is 5.91 Å². The number of carbonyl (C=O) groups is 1. The SMILES string of the molecule is COc1ccccc1C(=O)NCCCc1ccc(F)cc1. The van der Waals surface area contributed by atoms with E-state index < -0.39 is 0 Å². The molecule has 0 aromatic heterocycles. The van der Waals surface area contributed by atoms with E-state index in [0.29, 0.717) is 17.9 Å². The second-order valence-corrected chi connectivity index (χ2v) is 4.69. The van der Waals surface area contributed by atoms with E-state index in [1.807, 2.05) is 6.07 Å². The van der Waals surface area contributed by atoms with Crippen LogP contribution in [0.4, 0.5) is 4.39 Å². The van der Waals surface area contributed by atoms with Crippen molar-refractivity contribution in [3.8, 4) is 5.75 Å². The molecule has 2 aromatic rings. The first kappa shape index (κ1) is 15.0. The number of benzene rings is 2. The summed E-state index contributed by atoms with van der Waals surface area (Å²) in [6.45, 7) is 0.564. The highest BCUT2D eigenvalue weighted by Crippen LogP contribution is 2.16. The fourth-order valence-corrected chi connectivity index (χ4v) is 2.07. The number of ether oxygens (including phenoxy) is 1. The molecule has 0 unspecified atom stereocenters. The summed E-state index contributed by atoms with van der Waals surface area (Å²) < 4.78 is 17.9. The molecule has 4 heteroatoms. The standard InChI is InChI=1S/C17H18FNO2/c1-21-16-7-3-2-6-15(16)17(20)19-12-4-5-13-8-10-14(18)11-9-13/h2-3,6-11H,4-5,12H2,1H3,(H,19,20). The first-order valence-electron chi connectivity index (χ1n) is 6.86. The van der Waals surface area contributed by atoms with Crippen LogP contribution in [0.25, 0.3) is 0 Å². The van der Waals surface area contributed by atoms with Gasteiger partial charge in [0.2, 0.25) is 0 Å². The molecule has 21 heavy (non-hydrogen) atoms. The lowest BCUT2D eigenvalue weighted by Crippen LogP contribution is -2.25. The maximum Gasteiger partial charge on any atom is 0.255 e. The molecule has 2 rings (SSSR count). The van der Waals surface area contributed by atoms with E-state index in [4.69, 9.17) is 4.74 Å². The van der Waals surface area contributed by atoms with Gasteiger partial charge >= 0.3 is 0 Å². The van der Waals surface area contributed by atoms with Crippen molar-refractivity contribution in [3.63, 3.8) is 0 Å². The molecule has 0 bridgehead atoms. The van der Waals surface area contributed by atoms with Crippen LogP contribution in [0.1, 0.15) is 22.3 Å². The smallest absolute Gasteiger partial charge is 0.255 e. The number of amides is 1. The number of hydrogen-bond acceptors (Lipinski definition) is 2. The van der Waals surface area contributed by atoms with Crippen LogP contribution in [0.3, 0.4) is 0 Å². The monoisotopic (exact) mass is 287 g/mol. The lowest BCUT2D eigenvalue weighted by Gasteiger charge is -2.09. The number of aryl methyl sites for hydroxylation is 1. The van der Waals surface area contributed by atoms with Crippen molar-refractivity contribution in [2.24, 2.45) is 0 Å². The average molecular weight is 287 g/mol. The Kier molecular flexibility index (Phi) is 5.32. The third kappa shape index (κ3) is 4.31. The Morgan fingerprint density at radius 3 is 2.57 bits per heavy atom. The van der Waals surface area contributed by atoms with Crippen LogP contribution in [-0.4, -0.2) is 19.6 Å². The van der Waals surface area contributed by atoms with E-state index in [1.165, 1.54) is 12.1 Å². The number of nitrogens with one attached hydrogen (secondary N) is 1. The molecule has 0 heterocycles. The van der Waals surface area contributed by atoms with Gasteiger partial charge in [0.25, 0.3) is 5.91 Å². The fraction of sp³-hybridized carbons (Fsp3) is 0.235. The summed E-state index contributed by atoms with van der Waals surface area (Å²) in [5.74, 6) is 0.184. The van der Waals surface area contributed by atoms with Gasteiger partial charge in [-0.2, -0.15) is 0 Å². The number of methoxy groups -OCH3 is 1. The molecule has 1 amide bonds. The van der Waals surface area contributed by atoms with E-state index in [1.54, 1.807) is 37.4 Å². The summed E-state index contributed by atoms with van der Waals surface area (Å²) >= 11 is 0. The Balaban J connectivity index is 1.80. The first-order chi connectivity index (χ1) is 10.2. The van der Waals surface area contributed by atoms with Gasteiger partial charge in [0, 0.05) is 6.54 Å². The topological polar surface area (TPSA) is 38.3 Å². The molecule has 2 aromatic carbocycles. The van der Waals surface area contributed by atoms with E-state index in [-0.39, 0.29) is 11.7 Å². The van der Waals surface area contributed by atoms with Crippen LogP contribution in [-0.2, 0) is 6.42 Å². The third-order valence-corrected chi connectivity index (χ3v) is 3.19. The van der Waals surface area contributed by atoms with Crippen molar-refractivity contribution in [1.29, 1.82) is 0 Å². The Morgan fingerprint density at radius 1 is 1.14 bits per heavy atom. The van der Waals surface area contributed by atoms with Crippen LogP contribution in [0.2, 0.25) is 0 Å². The van der Waals surface area contributed by atoms with Crippen molar-refractivity contribution in [2.45, 2.75) is 12.8 Å². The van der Waals surface area contributed by atoms with Crippen LogP contribution in [0.15, 0.2) is 48.5 Å². The minimum Gasteiger partial charge on any atom is -0.496 e. The normalized spacial score (nSPS) is 10.2. The molecule has 0 saturated heterocycles. The van der Waals surface area contributed by atoms with Gasteiger partial charge in [0.15, 0.2) is 0 Å². The highest BCUT2D eigenvalue weighted by Gasteiger charge is 2.10. The molecule has 1 N–H and O–H groups in total. The van der Waals surface area contributed by atoms with Gasteiger partial charge in [0.05, 0.1) is 12.7 Å². The van der Waals surface area contributed by atoms with Gasteiger partial charge in [-0.25, -0.2) is 4.39 Å². The summed E-state index contributed by atoms with van der Waals surface area (Å²) in [7, 11) is 1.54. The van der Waals surface area contributed by atoms with Gasteiger partial charge in [-0.15, -0.1) is 0 Å². The van der Waals surface area contributed by atoms with Gasteiger partial charge in [-0.05, 0) is 42.7 Å². The zero-order valence-electron chi connectivity index (χ0n) is 11.9. The number of halogens is 1.